The van der Waals surface area contributed by atoms with Crippen LogP contribution in [-0.2, 0) is 12.8 Å². The van der Waals surface area contributed by atoms with Crippen LogP contribution in [0.15, 0.2) is 18.2 Å². The first-order chi connectivity index (χ1) is 8.00. The van der Waals surface area contributed by atoms with Crippen LogP contribution in [0.2, 0.25) is 5.02 Å². The molecular formula is C10H11ClN2O4. The summed E-state index contributed by atoms with van der Waals surface area (Å²) in [6.07, 6.45) is 0.469. The number of halogens is 1. The van der Waals surface area contributed by atoms with Crippen molar-refractivity contribution in [1.82, 2.24) is 0 Å². The smallest absolute Gasteiger partial charge is 0.207 e. The lowest BCUT2D eigenvalue weighted by Crippen LogP contribution is -2.07. The molecule has 0 spiro atoms. The Balaban J connectivity index is 2.76. The van der Waals surface area contributed by atoms with Gasteiger partial charge in [0.1, 0.15) is 0 Å². The van der Waals surface area contributed by atoms with E-state index in [0.29, 0.717) is 16.1 Å². The molecule has 0 aliphatic carbocycles. The van der Waals surface area contributed by atoms with Crippen LogP contribution in [0.3, 0.4) is 0 Å². The average molecular weight is 259 g/mol. The number of nitro groups is 2. The molecule has 0 radical (unpaired) electrons. The summed E-state index contributed by atoms with van der Waals surface area (Å²) in [4.78, 5) is 19.7. The van der Waals surface area contributed by atoms with Gasteiger partial charge in [0.15, 0.2) is 0 Å². The van der Waals surface area contributed by atoms with Crippen molar-refractivity contribution in [3.05, 3.63) is 54.6 Å². The van der Waals surface area contributed by atoms with Crippen molar-refractivity contribution in [3.63, 3.8) is 0 Å². The third-order valence-electron chi connectivity index (χ3n) is 2.29. The Morgan fingerprint density at radius 1 is 1.00 bits per heavy atom. The van der Waals surface area contributed by atoms with E-state index < -0.39 is 9.85 Å². The van der Waals surface area contributed by atoms with Crippen LogP contribution in [0, 0.1) is 20.2 Å². The van der Waals surface area contributed by atoms with Crippen LogP contribution in [0.5, 0.6) is 0 Å². The fourth-order valence-electron chi connectivity index (χ4n) is 1.44. The number of hydrogen-bond donors (Lipinski definition) is 0. The minimum atomic E-state index is -0.417. The molecule has 0 fully saturated rings. The maximum atomic E-state index is 10.3. The van der Waals surface area contributed by atoms with E-state index in [-0.39, 0.29) is 25.9 Å². The van der Waals surface area contributed by atoms with Gasteiger partial charge in [-0.15, -0.1) is 0 Å². The van der Waals surface area contributed by atoms with E-state index >= 15 is 0 Å². The number of benzene rings is 1. The average Bonchev–Trinajstić information content (AvgIpc) is 2.25. The molecule has 0 amide bonds. The van der Waals surface area contributed by atoms with Gasteiger partial charge in [-0.25, -0.2) is 0 Å². The van der Waals surface area contributed by atoms with Gasteiger partial charge in [0.2, 0.25) is 13.1 Å². The molecule has 6 nitrogen and oxygen atoms in total. The summed E-state index contributed by atoms with van der Waals surface area (Å²) < 4.78 is 0. The van der Waals surface area contributed by atoms with Crippen LogP contribution in [-0.4, -0.2) is 22.9 Å². The lowest BCUT2D eigenvalue weighted by Gasteiger charge is -2.06. The zero-order chi connectivity index (χ0) is 12.8. The van der Waals surface area contributed by atoms with Crippen molar-refractivity contribution >= 4 is 11.6 Å². The summed E-state index contributed by atoms with van der Waals surface area (Å²) in [5, 5.41) is 20.9. The minimum absolute atomic E-state index is 0.196. The maximum Gasteiger partial charge on any atom is 0.207 e. The molecule has 1 rings (SSSR count). The van der Waals surface area contributed by atoms with E-state index in [1.165, 1.54) is 0 Å². The van der Waals surface area contributed by atoms with E-state index in [9.17, 15) is 20.2 Å². The van der Waals surface area contributed by atoms with Gasteiger partial charge >= 0.3 is 0 Å². The van der Waals surface area contributed by atoms with Crippen molar-refractivity contribution in [2.75, 3.05) is 13.1 Å². The van der Waals surface area contributed by atoms with Crippen LogP contribution in [0.25, 0.3) is 0 Å². The van der Waals surface area contributed by atoms with E-state index in [1.807, 2.05) is 0 Å². The van der Waals surface area contributed by atoms with E-state index in [2.05, 4.69) is 0 Å². The molecule has 7 heteroatoms. The van der Waals surface area contributed by atoms with Gasteiger partial charge in [0.25, 0.3) is 0 Å². The van der Waals surface area contributed by atoms with Gasteiger partial charge in [-0.2, -0.15) is 0 Å². The standard InChI is InChI=1S/C10H11ClN2O4/c11-10-8(4-6-12(14)15)2-1-3-9(10)5-7-13(16)17/h1-3H,4-7H2. The molecule has 0 aliphatic heterocycles. The second kappa shape index (κ2) is 6.15. The first-order valence-corrected chi connectivity index (χ1v) is 5.38. The largest absolute Gasteiger partial charge is 0.265 e. The zero-order valence-corrected chi connectivity index (χ0v) is 9.72. The summed E-state index contributed by atoms with van der Waals surface area (Å²) in [6.45, 7) is -0.392. The second-order valence-corrected chi connectivity index (χ2v) is 3.88. The van der Waals surface area contributed by atoms with Gasteiger partial charge in [-0.05, 0) is 11.1 Å². The molecule has 0 N–H and O–H groups in total. The quantitative estimate of drug-likeness (QED) is 0.577. The first kappa shape index (κ1) is 13.4. The third kappa shape index (κ3) is 4.36. The molecule has 0 aliphatic rings. The summed E-state index contributed by atoms with van der Waals surface area (Å²) in [7, 11) is 0. The predicted molar refractivity (Wildman–Crippen MR) is 62.6 cm³/mol. The molecule has 0 bridgehead atoms. The Bertz CT molecular complexity index is 400. The first-order valence-electron chi connectivity index (χ1n) is 5.00. The monoisotopic (exact) mass is 258 g/mol. The lowest BCUT2D eigenvalue weighted by molar-refractivity contribution is -0.479. The number of rotatable bonds is 6. The Hall–Kier alpha value is -1.69. The van der Waals surface area contributed by atoms with Crippen molar-refractivity contribution < 1.29 is 9.85 Å². The van der Waals surface area contributed by atoms with Gasteiger partial charge in [-0.1, -0.05) is 29.8 Å². The van der Waals surface area contributed by atoms with Crippen LogP contribution in [0.4, 0.5) is 0 Å². The molecule has 1 aromatic carbocycles. The summed E-state index contributed by atoms with van der Waals surface area (Å²) in [5.41, 5.74) is 1.31. The van der Waals surface area contributed by atoms with Crippen molar-refractivity contribution in [3.8, 4) is 0 Å². The van der Waals surface area contributed by atoms with Crippen LogP contribution in [0.1, 0.15) is 11.1 Å². The second-order valence-electron chi connectivity index (χ2n) is 3.50. The van der Waals surface area contributed by atoms with Gasteiger partial charge < -0.3 is 0 Å². The zero-order valence-electron chi connectivity index (χ0n) is 8.97. The molecule has 0 aromatic heterocycles. The highest BCUT2D eigenvalue weighted by Crippen LogP contribution is 2.22. The molecule has 17 heavy (non-hydrogen) atoms. The Labute approximate surface area is 103 Å². The van der Waals surface area contributed by atoms with Gasteiger partial charge in [0, 0.05) is 27.7 Å². The number of nitrogens with zero attached hydrogens (tertiary/aromatic N) is 2. The lowest BCUT2D eigenvalue weighted by atomic mass is 10.1. The summed E-state index contributed by atoms with van der Waals surface area (Å²) in [6, 6.07) is 5.10. The van der Waals surface area contributed by atoms with Crippen LogP contribution >= 0.6 is 11.6 Å². The molecule has 0 saturated heterocycles. The molecule has 92 valence electrons. The Morgan fingerprint density at radius 3 is 1.76 bits per heavy atom. The summed E-state index contributed by atoms with van der Waals surface area (Å²) in [5.74, 6) is 0. The fraction of sp³-hybridized carbons (Fsp3) is 0.400. The molecule has 1 aromatic rings. The van der Waals surface area contributed by atoms with Crippen molar-refractivity contribution in [1.29, 1.82) is 0 Å². The minimum Gasteiger partial charge on any atom is -0.265 e. The van der Waals surface area contributed by atoms with Crippen LogP contribution < -0.4 is 0 Å². The third-order valence-corrected chi connectivity index (χ3v) is 2.77. The molecular weight excluding hydrogens is 248 g/mol. The van der Waals surface area contributed by atoms with Gasteiger partial charge in [0.05, 0.1) is 0 Å². The normalized spacial score (nSPS) is 10.2. The predicted octanol–water partition coefficient (Wildman–Crippen LogP) is 1.98. The number of hydrogen-bond acceptors (Lipinski definition) is 4. The highest BCUT2D eigenvalue weighted by molar-refractivity contribution is 6.32. The molecule has 0 atom stereocenters. The molecule has 0 heterocycles. The fourth-order valence-corrected chi connectivity index (χ4v) is 1.76. The molecule has 0 unspecified atom stereocenters. The SMILES string of the molecule is O=[N+]([O-])CCc1cccc(CC[N+](=O)[O-])c1Cl. The van der Waals surface area contributed by atoms with Crippen molar-refractivity contribution in [2.24, 2.45) is 0 Å². The van der Waals surface area contributed by atoms with E-state index in [1.54, 1.807) is 18.2 Å². The highest BCUT2D eigenvalue weighted by atomic mass is 35.5. The Morgan fingerprint density at radius 2 is 1.41 bits per heavy atom. The van der Waals surface area contributed by atoms with E-state index in [0.717, 1.165) is 0 Å². The Kier molecular flexibility index (Phi) is 4.84. The molecule has 0 saturated carbocycles. The van der Waals surface area contributed by atoms with Crippen molar-refractivity contribution in [2.45, 2.75) is 12.8 Å². The summed E-state index contributed by atoms with van der Waals surface area (Å²) >= 11 is 6.03. The van der Waals surface area contributed by atoms with Gasteiger partial charge in [-0.3, -0.25) is 20.2 Å². The van der Waals surface area contributed by atoms with E-state index in [4.69, 9.17) is 11.6 Å². The maximum absolute atomic E-state index is 10.3. The highest BCUT2D eigenvalue weighted by Gasteiger charge is 2.10. The topological polar surface area (TPSA) is 86.3 Å².